The van der Waals surface area contributed by atoms with Gasteiger partial charge in [-0.05, 0) is 19.1 Å². The standard InChI is InChI=1S/C26H32F2N8O2/c1-17-18(3-2-4-33-5-7-34(8-6-33)22-10-20(27)9-21(28)11-22)13-30-36(17)25-12-24(31-26(29)32-25)35-14-19(16-37)23(38)15-35/h2-3,9-13,19,23,37-38H,4-8,14-16H2,1H3,(H2,29,31,32)/b3-2+/t19?,23-/m1/s1. The molecule has 0 aliphatic carbocycles. The average Bonchev–Trinajstić information content (AvgIpc) is 3.45. The highest BCUT2D eigenvalue weighted by Gasteiger charge is 2.32. The summed E-state index contributed by atoms with van der Waals surface area (Å²) in [6.45, 7) is 6.39. The Morgan fingerprint density at radius 2 is 1.71 bits per heavy atom. The summed E-state index contributed by atoms with van der Waals surface area (Å²) in [7, 11) is 0. The van der Waals surface area contributed by atoms with Crippen LogP contribution in [0.1, 0.15) is 11.3 Å². The predicted octanol–water partition coefficient (Wildman–Crippen LogP) is 1.46. The van der Waals surface area contributed by atoms with Gasteiger partial charge in [-0.1, -0.05) is 12.2 Å². The molecule has 4 heterocycles. The van der Waals surface area contributed by atoms with Gasteiger partial charge >= 0.3 is 0 Å². The molecule has 5 rings (SSSR count). The first-order chi connectivity index (χ1) is 18.3. The molecule has 2 fully saturated rings. The van der Waals surface area contributed by atoms with Crippen LogP contribution in [0, 0.1) is 24.5 Å². The second-order valence-corrected chi connectivity index (χ2v) is 9.77. The Balaban J connectivity index is 1.21. The van der Waals surface area contributed by atoms with Crippen LogP contribution in [0.3, 0.4) is 0 Å². The lowest BCUT2D eigenvalue weighted by Crippen LogP contribution is -2.46. The van der Waals surface area contributed by atoms with Crippen LogP contribution >= 0.6 is 0 Å². The van der Waals surface area contributed by atoms with Gasteiger partial charge in [0.15, 0.2) is 5.82 Å². The molecular weight excluding hydrogens is 494 g/mol. The molecule has 2 saturated heterocycles. The van der Waals surface area contributed by atoms with Crippen LogP contribution in [0.15, 0.2) is 36.5 Å². The van der Waals surface area contributed by atoms with Gasteiger partial charge in [-0.2, -0.15) is 15.1 Å². The molecule has 0 spiro atoms. The second kappa shape index (κ2) is 11.0. The number of aliphatic hydroxyl groups is 2. The number of aliphatic hydroxyl groups excluding tert-OH is 2. The number of benzene rings is 1. The Morgan fingerprint density at radius 1 is 1.00 bits per heavy atom. The highest BCUT2D eigenvalue weighted by molar-refractivity contribution is 5.54. The first kappa shape index (κ1) is 26.0. The van der Waals surface area contributed by atoms with E-state index in [0.717, 1.165) is 37.0 Å². The first-order valence-corrected chi connectivity index (χ1v) is 12.6. The van der Waals surface area contributed by atoms with E-state index in [4.69, 9.17) is 5.73 Å². The molecule has 0 amide bonds. The lowest BCUT2D eigenvalue weighted by Gasteiger charge is -2.35. The SMILES string of the molecule is Cc1c(/C=C/CN2CCN(c3cc(F)cc(F)c3)CC2)cnn1-c1cc(N2CC(CO)[C@H](O)C2)nc(N)n1. The van der Waals surface area contributed by atoms with Crippen LogP contribution in [0.4, 0.5) is 26.2 Å². The molecule has 38 heavy (non-hydrogen) atoms. The summed E-state index contributed by atoms with van der Waals surface area (Å²) in [5.41, 5.74) is 8.38. The van der Waals surface area contributed by atoms with Gasteiger partial charge in [0.2, 0.25) is 5.95 Å². The maximum atomic E-state index is 13.6. The van der Waals surface area contributed by atoms with Crippen molar-refractivity contribution in [3.8, 4) is 5.82 Å². The molecule has 1 unspecified atom stereocenters. The lowest BCUT2D eigenvalue weighted by atomic mass is 10.1. The number of piperazine rings is 1. The summed E-state index contributed by atoms with van der Waals surface area (Å²) in [4.78, 5) is 14.8. The van der Waals surface area contributed by atoms with Crippen LogP contribution in [0.25, 0.3) is 11.9 Å². The van der Waals surface area contributed by atoms with Gasteiger partial charge < -0.3 is 25.7 Å². The lowest BCUT2D eigenvalue weighted by molar-refractivity contribution is 0.104. The Bertz CT molecular complexity index is 1290. The smallest absolute Gasteiger partial charge is 0.224 e. The molecule has 2 aliphatic rings. The van der Waals surface area contributed by atoms with Crippen molar-refractivity contribution in [2.24, 2.45) is 5.92 Å². The Kier molecular flexibility index (Phi) is 7.54. The van der Waals surface area contributed by atoms with E-state index >= 15 is 0 Å². The van der Waals surface area contributed by atoms with E-state index in [0.29, 0.717) is 43.5 Å². The van der Waals surface area contributed by atoms with Gasteiger partial charge in [-0.3, -0.25) is 4.90 Å². The van der Waals surface area contributed by atoms with Crippen molar-refractivity contribution in [2.75, 3.05) is 68.0 Å². The van der Waals surface area contributed by atoms with E-state index < -0.39 is 17.7 Å². The zero-order valence-electron chi connectivity index (χ0n) is 21.2. The van der Waals surface area contributed by atoms with Crippen LogP contribution in [0.5, 0.6) is 0 Å². The number of nitrogen functional groups attached to an aromatic ring is 1. The number of nitrogens with zero attached hydrogens (tertiary/aromatic N) is 7. The zero-order valence-corrected chi connectivity index (χ0v) is 21.2. The molecule has 10 nitrogen and oxygen atoms in total. The molecule has 2 aromatic heterocycles. The Labute approximate surface area is 219 Å². The first-order valence-electron chi connectivity index (χ1n) is 12.6. The van der Waals surface area contributed by atoms with Crippen molar-refractivity contribution in [1.82, 2.24) is 24.6 Å². The van der Waals surface area contributed by atoms with Crippen LogP contribution in [-0.4, -0.2) is 93.4 Å². The number of rotatable bonds is 7. The number of nitrogens with two attached hydrogens (primary N) is 1. The summed E-state index contributed by atoms with van der Waals surface area (Å²) in [6, 6.07) is 5.40. The average molecular weight is 527 g/mol. The van der Waals surface area contributed by atoms with Crippen molar-refractivity contribution in [3.05, 3.63) is 59.4 Å². The normalized spacial score (nSPS) is 20.7. The molecule has 0 radical (unpaired) electrons. The third kappa shape index (κ3) is 5.62. The maximum Gasteiger partial charge on any atom is 0.224 e. The van der Waals surface area contributed by atoms with Crippen molar-refractivity contribution in [1.29, 1.82) is 0 Å². The van der Waals surface area contributed by atoms with E-state index in [1.807, 2.05) is 22.8 Å². The quantitative estimate of drug-likeness (QED) is 0.420. The molecule has 0 saturated carbocycles. The number of aromatic nitrogens is 4. The summed E-state index contributed by atoms with van der Waals surface area (Å²) in [5, 5.41) is 24.1. The molecule has 12 heteroatoms. The van der Waals surface area contributed by atoms with Crippen LogP contribution in [-0.2, 0) is 0 Å². The minimum atomic E-state index is -0.630. The van der Waals surface area contributed by atoms with E-state index in [-0.39, 0.29) is 18.5 Å². The fraction of sp³-hybridized carbons (Fsp3) is 0.423. The molecule has 0 bridgehead atoms. The number of halogens is 2. The monoisotopic (exact) mass is 526 g/mol. The van der Waals surface area contributed by atoms with Crippen molar-refractivity contribution >= 4 is 23.5 Å². The number of anilines is 3. The van der Waals surface area contributed by atoms with Gasteiger partial charge in [-0.25, -0.2) is 13.5 Å². The number of β-amino-alcohol motifs (C(OH)–C–C–N with tert-alkyl or cyclic N) is 1. The van der Waals surface area contributed by atoms with Crippen molar-refractivity contribution < 1.29 is 19.0 Å². The topological polar surface area (TPSA) is 120 Å². The third-order valence-electron chi connectivity index (χ3n) is 7.19. The summed E-state index contributed by atoms with van der Waals surface area (Å²) < 4.78 is 28.8. The second-order valence-electron chi connectivity index (χ2n) is 9.77. The molecular formula is C26H32F2N8O2. The highest BCUT2D eigenvalue weighted by atomic mass is 19.1. The van der Waals surface area contributed by atoms with Crippen LogP contribution < -0.4 is 15.5 Å². The largest absolute Gasteiger partial charge is 0.396 e. The van der Waals surface area contributed by atoms with E-state index in [1.165, 1.54) is 12.1 Å². The Morgan fingerprint density at radius 3 is 2.39 bits per heavy atom. The van der Waals surface area contributed by atoms with Gasteiger partial charge in [0.25, 0.3) is 0 Å². The third-order valence-corrected chi connectivity index (χ3v) is 7.19. The molecule has 1 aromatic carbocycles. The zero-order chi connectivity index (χ0) is 26.8. The summed E-state index contributed by atoms with van der Waals surface area (Å²) in [5.74, 6) is -0.150. The molecule has 2 aliphatic heterocycles. The van der Waals surface area contributed by atoms with E-state index in [2.05, 4.69) is 26.0 Å². The van der Waals surface area contributed by atoms with Gasteiger partial charge in [0.1, 0.15) is 17.5 Å². The van der Waals surface area contributed by atoms with Crippen molar-refractivity contribution in [3.63, 3.8) is 0 Å². The van der Waals surface area contributed by atoms with E-state index in [1.54, 1.807) is 16.9 Å². The predicted molar refractivity (Wildman–Crippen MR) is 141 cm³/mol. The van der Waals surface area contributed by atoms with Gasteiger partial charge in [0, 0.05) is 75.1 Å². The molecule has 4 N–H and O–H groups in total. The maximum absolute atomic E-state index is 13.6. The van der Waals surface area contributed by atoms with Gasteiger partial charge in [-0.15, -0.1) is 0 Å². The fourth-order valence-corrected chi connectivity index (χ4v) is 4.99. The summed E-state index contributed by atoms with van der Waals surface area (Å²) >= 11 is 0. The fourth-order valence-electron chi connectivity index (χ4n) is 4.99. The number of hydrogen-bond donors (Lipinski definition) is 3. The van der Waals surface area contributed by atoms with Crippen molar-refractivity contribution in [2.45, 2.75) is 13.0 Å². The van der Waals surface area contributed by atoms with Crippen LogP contribution in [0.2, 0.25) is 0 Å². The minimum absolute atomic E-state index is 0.0955. The van der Waals surface area contributed by atoms with Gasteiger partial charge in [0.05, 0.1) is 24.6 Å². The number of hydrogen-bond acceptors (Lipinski definition) is 9. The minimum Gasteiger partial charge on any atom is -0.396 e. The summed E-state index contributed by atoms with van der Waals surface area (Å²) in [6.07, 6.45) is 5.23. The highest BCUT2D eigenvalue weighted by Crippen LogP contribution is 2.25. The molecule has 2 atom stereocenters. The molecule has 202 valence electrons. The Hall–Kier alpha value is -3.61. The molecule has 3 aromatic rings. The van der Waals surface area contributed by atoms with E-state index in [9.17, 15) is 19.0 Å².